The number of carbonyl (C=O) groups is 2. The van der Waals surface area contributed by atoms with E-state index in [0.717, 1.165) is 5.56 Å². The maximum Gasteiger partial charge on any atom is 0.339 e. The predicted octanol–water partition coefficient (Wildman–Crippen LogP) is 2.48. The molecule has 2 N–H and O–H groups in total. The van der Waals surface area contributed by atoms with Crippen LogP contribution in [0, 0.1) is 0 Å². The van der Waals surface area contributed by atoms with E-state index in [0.29, 0.717) is 5.75 Å². The Hall–Kier alpha value is -3.02. The monoisotopic (exact) mass is 329 g/mol. The average Bonchev–Trinajstić information content (AvgIpc) is 2.60. The van der Waals surface area contributed by atoms with Crippen molar-refractivity contribution in [1.29, 1.82) is 0 Å². The molecule has 0 saturated heterocycles. The Labute approximate surface area is 140 Å². The maximum absolute atomic E-state index is 12.2. The molecule has 0 spiro atoms. The molecule has 0 aliphatic heterocycles. The number of nitrogens with one attached hydrogen (secondary N) is 1. The van der Waals surface area contributed by atoms with Gasteiger partial charge >= 0.3 is 5.97 Å². The van der Waals surface area contributed by atoms with Crippen LogP contribution in [-0.4, -0.2) is 30.2 Å². The first-order valence-electron chi connectivity index (χ1n) is 7.41. The third-order valence-electron chi connectivity index (χ3n) is 3.44. The van der Waals surface area contributed by atoms with Gasteiger partial charge in [-0.25, -0.2) is 4.79 Å². The van der Waals surface area contributed by atoms with Crippen LogP contribution in [0.4, 0.5) is 0 Å². The molecule has 1 atom stereocenters. The molecule has 0 saturated carbocycles. The Morgan fingerprint density at radius 2 is 1.71 bits per heavy atom. The van der Waals surface area contributed by atoms with Crippen molar-refractivity contribution in [3.8, 4) is 11.5 Å². The number of carbonyl (C=O) groups excluding carboxylic acids is 1. The minimum Gasteiger partial charge on any atom is -0.496 e. The van der Waals surface area contributed by atoms with Crippen LogP contribution in [0.5, 0.6) is 11.5 Å². The molecule has 0 fully saturated rings. The molecule has 0 unspecified atom stereocenters. The van der Waals surface area contributed by atoms with Crippen molar-refractivity contribution in [3.63, 3.8) is 0 Å². The van der Waals surface area contributed by atoms with Crippen LogP contribution in [0.1, 0.15) is 22.8 Å². The molecule has 24 heavy (non-hydrogen) atoms. The Morgan fingerprint density at radius 1 is 1.08 bits per heavy atom. The highest BCUT2D eigenvalue weighted by molar-refractivity contribution is 5.91. The van der Waals surface area contributed by atoms with Crippen LogP contribution >= 0.6 is 0 Å². The van der Waals surface area contributed by atoms with Crippen molar-refractivity contribution in [1.82, 2.24) is 5.32 Å². The molecule has 1 amide bonds. The van der Waals surface area contributed by atoms with Crippen molar-refractivity contribution in [2.24, 2.45) is 0 Å². The standard InChI is InChI=1S/C18H19NO5/c1-12(24-16-10-6-4-8-14(16)18(21)22)17(20)19-11-13-7-3-5-9-15(13)23-2/h3-10,12H,11H2,1-2H3,(H,19,20)(H,21,22)/t12-/m1/s1. The van der Waals surface area contributed by atoms with Gasteiger partial charge in [0.1, 0.15) is 17.1 Å². The topological polar surface area (TPSA) is 84.9 Å². The number of hydrogen-bond donors (Lipinski definition) is 2. The number of carboxylic acid groups (broad SMARTS) is 1. The first-order chi connectivity index (χ1) is 11.5. The molecular weight excluding hydrogens is 310 g/mol. The molecular formula is C18H19NO5. The summed E-state index contributed by atoms with van der Waals surface area (Å²) in [7, 11) is 1.56. The molecule has 0 radical (unpaired) electrons. The molecule has 2 aromatic rings. The SMILES string of the molecule is COc1ccccc1CNC(=O)[C@@H](C)Oc1ccccc1C(=O)O. The summed E-state index contributed by atoms with van der Waals surface area (Å²) in [6.45, 7) is 1.85. The van der Waals surface area contributed by atoms with Crippen LogP contribution in [0.25, 0.3) is 0 Å². The second kappa shape index (κ2) is 8.01. The van der Waals surface area contributed by atoms with Crippen LogP contribution in [0.2, 0.25) is 0 Å². The molecule has 2 rings (SSSR count). The predicted molar refractivity (Wildman–Crippen MR) is 88.3 cm³/mol. The smallest absolute Gasteiger partial charge is 0.339 e. The lowest BCUT2D eigenvalue weighted by Gasteiger charge is -2.16. The zero-order chi connectivity index (χ0) is 17.5. The van der Waals surface area contributed by atoms with Gasteiger partial charge in [-0.3, -0.25) is 4.79 Å². The lowest BCUT2D eigenvalue weighted by molar-refractivity contribution is -0.127. The Kier molecular flexibility index (Phi) is 5.78. The number of aromatic carboxylic acids is 1. The van der Waals surface area contributed by atoms with E-state index in [1.807, 2.05) is 24.3 Å². The molecule has 6 heteroatoms. The van der Waals surface area contributed by atoms with E-state index < -0.39 is 12.1 Å². The average molecular weight is 329 g/mol. The third-order valence-corrected chi connectivity index (χ3v) is 3.44. The van der Waals surface area contributed by atoms with Crippen molar-refractivity contribution < 1.29 is 24.2 Å². The molecule has 126 valence electrons. The van der Waals surface area contributed by atoms with Crippen LogP contribution in [-0.2, 0) is 11.3 Å². The first kappa shape index (κ1) is 17.3. The number of benzene rings is 2. The highest BCUT2D eigenvalue weighted by atomic mass is 16.5. The van der Waals surface area contributed by atoms with Gasteiger partial charge in [0.15, 0.2) is 6.10 Å². The fraction of sp³-hybridized carbons (Fsp3) is 0.222. The molecule has 2 aromatic carbocycles. The molecule has 0 aliphatic carbocycles. The highest BCUT2D eigenvalue weighted by Gasteiger charge is 2.18. The summed E-state index contributed by atoms with van der Waals surface area (Å²) < 4.78 is 10.7. The van der Waals surface area contributed by atoms with Gasteiger partial charge in [0, 0.05) is 12.1 Å². The minimum atomic E-state index is -1.10. The molecule has 0 aromatic heterocycles. The maximum atomic E-state index is 12.2. The van der Waals surface area contributed by atoms with E-state index in [1.54, 1.807) is 26.2 Å². The summed E-state index contributed by atoms with van der Waals surface area (Å²) in [4.78, 5) is 23.3. The van der Waals surface area contributed by atoms with Crippen molar-refractivity contribution >= 4 is 11.9 Å². The number of hydrogen-bond acceptors (Lipinski definition) is 4. The highest BCUT2D eigenvalue weighted by Crippen LogP contribution is 2.20. The first-order valence-corrected chi connectivity index (χ1v) is 7.41. The summed E-state index contributed by atoms with van der Waals surface area (Å²) in [6, 6.07) is 13.6. The van der Waals surface area contributed by atoms with Crippen molar-refractivity contribution in [2.45, 2.75) is 19.6 Å². The van der Waals surface area contributed by atoms with Crippen LogP contribution < -0.4 is 14.8 Å². The molecule has 6 nitrogen and oxygen atoms in total. The van der Waals surface area contributed by atoms with E-state index >= 15 is 0 Å². The number of amides is 1. The molecule has 0 heterocycles. The van der Waals surface area contributed by atoms with Crippen LogP contribution in [0.15, 0.2) is 48.5 Å². The Bertz CT molecular complexity index is 729. The minimum absolute atomic E-state index is 0.0156. The third kappa shape index (κ3) is 4.25. The van der Waals surface area contributed by atoms with Crippen molar-refractivity contribution in [3.05, 3.63) is 59.7 Å². The van der Waals surface area contributed by atoms with E-state index in [-0.39, 0.29) is 23.8 Å². The van der Waals surface area contributed by atoms with Gasteiger partial charge in [0.2, 0.25) is 0 Å². The zero-order valence-corrected chi connectivity index (χ0v) is 13.5. The Morgan fingerprint density at radius 3 is 2.38 bits per heavy atom. The van der Waals surface area contributed by atoms with Crippen molar-refractivity contribution in [2.75, 3.05) is 7.11 Å². The fourth-order valence-electron chi connectivity index (χ4n) is 2.17. The number of methoxy groups -OCH3 is 1. The molecule has 0 bridgehead atoms. The lowest BCUT2D eigenvalue weighted by atomic mass is 10.2. The second-order valence-electron chi connectivity index (χ2n) is 5.09. The Balaban J connectivity index is 1.99. The summed E-state index contributed by atoms with van der Waals surface area (Å²) in [6.07, 6.45) is -0.833. The van der Waals surface area contributed by atoms with E-state index in [9.17, 15) is 9.59 Å². The fourth-order valence-corrected chi connectivity index (χ4v) is 2.17. The van der Waals surface area contributed by atoms with E-state index in [1.165, 1.54) is 12.1 Å². The quantitative estimate of drug-likeness (QED) is 0.815. The van der Waals surface area contributed by atoms with Gasteiger partial charge in [-0.1, -0.05) is 30.3 Å². The van der Waals surface area contributed by atoms with Gasteiger partial charge in [-0.2, -0.15) is 0 Å². The lowest BCUT2D eigenvalue weighted by Crippen LogP contribution is -2.36. The van der Waals surface area contributed by atoms with Gasteiger partial charge in [-0.05, 0) is 25.1 Å². The van der Waals surface area contributed by atoms with Gasteiger partial charge in [-0.15, -0.1) is 0 Å². The summed E-state index contributed by atoms with van der Waals surface area (Å²) in [5, 5.41) is 11.9. The number of rotatable bonds is 7. The summed E-state index contributed by atoms with van der Waals surface area (Å²) >= 11 is 0. The molecule has 0 aliphatic rings. The van der Waals surface area contributed by atoms with Gasteiger partial charge in [0.05, 0.1) is 7.11 Å². The number of para-hydroxylation sites is 2. The van der Waals surface area contributed by atoms with E-state index in [2.05, 4.69) is 5.32 Å². The zero-order valence-electron chi connectivity index (χ0n) is 13.5. The van der Waals surface area contributed by atoms with Gasteiger partial charge < -0.3 is 19.9 Å². The second-order valence-corrected chi connectivity index (χ2v) is 5.09. The summed E-state index contributed by atoms with van der Waals surface area (Å²) in [5.41, 5.74) is 0.855. The van der Waals surface area contributed by atoms with E-state index in [4.69, 9.17) is 14.6 Å². The number of carboxylic acids is 1. The normalized spacial score (nSPS) is 11.4. The summed E-state index contributed by atoms with van der Waals surface area (Å²) in [5.74, 6) is -0.610. The van der Waals surface area contributed by atoms with Gasteiger partial charge in [0.25, 0.3) is 5.91 Å². The van der Waals surface area contributed by atoms with Crippen LogP contribution in [0.3, 0.4) is 0 Å². The largest absolute Gasteiger partial charge is 0.496 e. The number of ether oxygens (including phenoxy) is 2.